The average molecular weight is 415 g/mol. The first-order valence-corrected chi connectivity index (χ1v) is 10.5. The highest BCUT2D eigenvalue weighted by molar-refractivity contribution is 6.05. The van der Waals surface area contributed by atoms with Gasteiger partial charge in [-0.25, -0.2) is 4.98 Å². The third-order valence-corrected chi connectivity index (χ3v) is 6.59. The van der Waals surface area contributed by atoms with Crippen molar-refractivity contribution in [3.63, 3.8) is 0 Å². The summed E-state index contributed by atoms with van der Waals surface area (Å²) in [5.41, 5.74) is 3.27. The van der Waals surface area contributed by atoms with E-state index in [0.29, 0.717) is 11.5 Å². The highest BCUT2D eigenvalue weighted by atomic mass is 16.2. The molecule has 158 valence electrons. The molecule has 7 heteroatoms. The number of aromatic nitrogens is 2. The van der Waals surface area contributed by atoms with Crippen LogP contribution in [0, 0.1) is 5.41 Å². The number of amides is 2. The molecule has 0 bridgehead atoms. The van der Waals surface area contributed by atoms with E-state index in [9.17, 15) is 9.59 Å². The van der Waals surface area contributed by atoms with Gasteiger partial charge in [-0.15, -0.1) is 0 Å². The van der Waals surface area contributed by atoms with E-state index >= 15 is 0 Å². The molecule has 7 nitrogen and oxygen atoms in total. The summed E-state index contributed by atoms with van der Waals surface area (Å²) in [6.07, 6.45) is 9.47. The lowest BCUT2D eigenvalue weighted by Crippen LogP contribution is -2.42. The van der Waals surface area contributed by atoms with Gasteiger partial charge >= 0.3 is 0 Å². The van der Waals surface area contributed by atoms with E-state index in [-0.39, 0.29) is 23.3 Å². The Morgan fingerprint density at radius 1 is 1.26 bits per heavy atom. The quantitative estimate of drug-likeness (QED) is 0.752. The maximum atomic E-state index is 12.8. The number of likely N-dealkylation sites (tertiary alicyclic amines) is 1. The molecule has 2 aliphatic heterocycles. The minimum atomic E-state index is -0.217. The molecule has 1 aliphatic carbocycles. The largest absolute Gasteiger partial charge is 0.361 e. The van der Waals surface area contributed by atoms with Crippen LogP contribution in [-0.4, -0.2) is 39.4 Å². The lowest BCUT2D eigenvalue weighted by atomic mass is 9.65. The number of hydrogen-bond donors (Lipinski definition) is 2. The molecule has 3 heterocycles. The molecule has 2 amide bonds. The second-order valence-corrected chi connectivity index (χ2v) is 8.63. The molecule has 1 saturated carbocycles. The van der Waals surface area contributed by atoms with Gasteiger partial charge in [0.25, 0.3) is 5.91 Å². The predicted octanol–water partition coefficient (Wildman–Crippen LogP) is 3.27. The van der Waals surface area contributed by atoms with Crippen molar-refractivity contribution in [2.24, 2.45) is 5.41 Å². The number of hydrogen-bond acceptors (Lipinski definition) is 4. The lowest BCUT2D eigenvalue weighted by molar-refractivity contribution is -0.125. The number of fused-ring (bicyclic) bond motifs is 1. The number of dihydropyridines is 1. The number of anilines is 1. The van der Waals surface area contributed by atoms with Crippen LogP contribution in [0.3, 0.4) is 0 Å². The van der Waals surface area contributed by atoms with Gasteiger partial charge in [0.2, 0.25) is 11.9 Å². The first kappa shape index (κ1) is 19.4. The fraction of sp³-hybridized carbons (Fsp3) is 0.292. The Hall–Kier alpha value is -3.61. The fourth-order valence-electron chi connectivity index (χ4n) is 4.98. The van der Waals surface area contributed by atoms with Crippen LogP contribution in [0.1, 0.15) is 25.3 Å². The molecule has 3 aliphatic rings. The Labute approximate surface area is 180 Å². The molecule has 2 fully saturated rings. The highest BCUT2D eigenvalue weighted by Gasteiger charge is 2.50. The predicted molar refractivity (Wildman–Crippen MR) is 120 cm³/mol. The first-order chi connectivity index (χ1) is 15.0. The number of benzene rings is 1. The zero-order valence-corrected chi connectivity index (χ0v) is 17.3. The molecular formula is C24H25N5O2. The Morgan fingerprint density at radius 2 is 2.06 bits per heavy atom. The zero-order valence-electron chi connectivity index (χ0n) is 17.3. The Morgan fingerprint density at radius 3 is 2.81 bits per heavy atom. The van der Waals surface area contributed by atoms with Crippen molar-refractivity contribution in [2.75, 3.05) is 18.4 Å². The molecule has 1 aromatic carbocycles. The molecule has 31 heavy (non-hydrogen) atoms. The number of carbonyl (C=O) groups is 2. The third-order valence-electron chi connectivity index (χ3n) is 6.59. The normalized spacial score (nSPS) is 24.6. The Balaban J connectivity index is 1.39. The summed E-state index contributed by atoms with van der Waals surface area (Å²) in [5.74, 6) is 0.346. The van der Waals surface area contributed by atoms with Gasteiger partial charge in [0.1, 0.15) is 0 Å². The third kappa shape index (κ3) is 3.36. The molecule has 2 aromatic rings. The maximum Gasteiger partial charge on any atom is 0.259 e. The van der Waals surface area contributed by atoms with Gasteiger partial charge in [-0.05, 0) is 55.0 Å². The number of allylic oxidation sites excluding steroid dienone is 1. The number of carbonyl (C=O) groups excluding carboxylic acids is 2. The summed E-state index contributed by atoms with van der Waals surface area (Å²) in [6.45, 7) is 8.97. The summed E-state index contributed by atoms with van der Waals surface area (Å²) >= 11 is 0. The number of imidazole rings is 1. The molecule has 1 saturated heterocycles. The zero-order chi connectivity index (χ0) is 21.6. The minimum absolute atomic E-state index is 0.00598. The van der Waals surface area contributed by atoms with Crippen LogP contribution in [-0.2, 0) is 9.59 Å². The van der Waals surface area contributed by atoms with Gasteiger partial charge in [0.15, 0.2) is 0 Å². The van der Waals surface area contributed by atoms with E-state index in [1.54, 1.807) is 18.4 Å². The smallest absolute Gasteiger partial charge is 0.259 e. The van der Waals surface area contributed by atoms with Crippen molar-refractivity contribution < 1.29 is 9.59 Å². The van der Waals surface area contributed by atoms with Crippen LogP contribution in [0.4, 0.5) is 5.95 Å². The van der Waals surface area contributed by atoms with Crippen molar-refractivity contribution in [3.05, 3.63) is 73.1 Å². The van der Waals surface area contributed by atoms with Crippen LogP contribution in [0.5, 0.6) is 0 Å². The standard InChI is InChI=1S/C24H25N5O2/c1-3-21(30)28-11-10-24(15-28)12-18(13-24)29-20-7-5-4-6-19(20)26-23(29)27-22(31)17-9-8-16(2)25-14-17/h3-9,14,18,25H,1-2,10-13,15H2,(H,26,27,31). The summed E-state index contributed by atoms with van der Waals surface area (Å²) in [5, 5.41) is 5.96. The molecule has 5 rings (SSSR count). The molecule has 0 atom stereocenters. The molecule has 2 N–H and O–H groups in total. The van der Waals surface area contributed by atoms with Crippen LogP contribution < -0.4 is 10.6 Å². The number of nitrogens with zero attached hydrogens (tertiary/aromatic N) is 3. The van der Waals surface area contributed by atoms with E-state index in [4.69, 9.17) is 4.98 Å². The van der Waals surface area contributed by atoms with E-state index in [2.05, 4.69) is 28.4 Å². The molecule has 1 aromatic heterocycles. The number of para-hydroxylation sites is 2. The van der Waals surface area contributed by atoms with E-state index in [1.165, 1.54) is 6.08 Å². The summed E-state index contributed by atoms with van der Waals surface area (Å²) < 4.78 is 2.15. The maximum absolute atomic E-state index is 12.8. The summed E-state index contributed by atoms with van der Waals surface area (Å²) in [4.78, 5) is 31.4. The van der Waals surface area contributed by atoms with E-state index in [1.807, 2.05) is 29.2 Å². The molecule has 1 spiro atoms. The van der Waals surface area contributed by atoms with Gasteiger partial charge in [0.05, 0.1) is 16.6 Å². The summed E-state index contributed by atoms with van der Waals surface area (Å²) in [6, 6.07) is 8.17. The van der Waals surface area contributed by atoms with Gasteiger partial charge in [-0.2, -0.15) is 0 Å². The number of nitrogens with one attached hydrogen (secondary N) is 2. The van der Waals surface area contributed by atoms with E-state index < -0.39 is 0 Å². The van der Waals surface area contributed by atoms with Gasteiger partial charge < -0.3 is 14.8 Å². The van der Waals surface area contributed by atoms with Crippen LogP contribution in [0.25, 0.3) is 11.0 Å². The topological polar surface area (TPSA) is 79.3 Å². The van der Waals surface area contributed by atoms with E-state index in [0.717, 1.165) is 49.1 Å². The van der Waals surface area contributed by atoms with Crippen LogP contribution in [0.2, 0.25) is 0 Å². The van der Waals surface area contributed by atoms with Crippen molar-refractivity contribution in [2.45, 2.75) is 25.3 Å². The monoisotopic (exact) mass is 415 g/mol. The molecular weight excluding hydrogens is 390 g/mol. The highest BCUT2D eigenvalue weighted by Crippen LogP contribution is 2.55. The van der Waals surface area contributed by atoms with Crippen LogP contribution >= 0.6 is 0 Å². The Kier molecular flexibility index (Phi) is 4.54. The average Bonchev–Trinajstić information content (AvgIpc) is 3.34. The Bertz CT molecular complexity index is 1170. The van der Waals surface area contributed by atoms with Gasteiger partial charge in [-0.3, -0.25) is 14.9 Å². The molecule has 0 unspecified atom stereocenters. The van der Waals surface area contributed by atoms with Crippen molar-refractivity contribution in [1.82, 2.24) is 19.8 Å². The second kappa shape index (κ2) is 7.27. The lowest BCUT2D eigenvalue weighted by Gasteiger charge is -2.46. The van der Waals surface area contributed by atoms with Gasteiger partial charge in [0, 0.05) is 31.0 Å². The van der Waals surface area contributed by atoms with Crippen LogP contribution in [0.15, 0.2) is 73.1 Å². The first-order valence-electron chi connectivity index (χ1n) is 10.5. The minimum Gasteiger partial charge on any atom is -0.361 e. The van der Waals surface area contributed by atoms with Crippen molar-refractivity contribution in [1.29, 1.82) is 0 Å². The number of rotatable bonds is 4. The summed E-state index contributed by atoms with van der Waals surface area (Å²) in [7, 11) is 0. The molecule has 0 radical (unpaired) electrons. The second-order valence-electron chi connectivity index (χ2n) is 8.63. The van der Waals surface area contributed by atoms with Crippen molar-refractivity contribution in [3.8, 4) is 0 Å². The van der Waals surface area contributed by atoms with Crippen molar-refractivity contribution >= 4 is 28.8 Å². The fourth-order valence-corrected chi connectivity index (χ4v) is 4.98. The SMILES string of the molecule is C=CC(=O)N1CCC2(CC(n3c(NC(=O)C4=CNC(=C)C=C4)nc4ccccc43)C2)C1. The van der Waals surface area contributed by atoms with Gasteiger partial charge in [-0.1, -0.05) is 25.3 Å².